The van der Waals surface area contributed by atoms with Gasteiger partial charge in [-0.1, -0.05) is 0 Å². The Morgan fingerprint density at radius 3 is 3.00 bits per heavy atom. The van der Waals surface area contributed by atoms with Crippen LogP contribution >= 0.6 is 0 Å². The molecule has 0 aromatic rings. The summed E-state index contributed by atoms with van der Waals surface area (Å²) in [6.45, 7) is 6.79. The van der Waals surface area contributed by atoms with E-state index in [4.69, 9.17) is 9.47 Å². The summed E-state index contributed by atoms with van der Waals surface area (Å²) in [5.41, 5.74) is 0. The van der Waals surface area contributed by atoms with Gasteiger partial charge in [-0.3, -0.25) is 0 Å². The molecular formula is C8H16O2. The first-order chi connectivity index (χ1) is 4.84. The largest absolute Gasteiger partial charge is 0.381 e. The summed E-state index contributed by atoms with van der Waals surface area (Å²) in [5.74, 6) is 0.639. The minimum Gasteiger partial charge on any atom is -0.381 e. The highest BCUT2D eigenvalue weighted by Crippen LogP contribution is 2.18. The van der Waals surface area contributed by atoms with E-state index >= 15 is 0 Å². The molecule has 0 amide bonds. The molecule has 1 fully saturated rings. The topological polar surface area (TPSA) is 18.5 Å². The predicted octanol–water partition coefficient (Wildman–Crippen LogP) is 1.45. The molecule has 10 heavy (non-hydrogen) atoms. The molecule has 1 saturated heterocycles. The third kappa shape index (κ3) is 1.96. The van der Waals surface area contributed by atoms with E-state index in [0.29, 0.717) is 12.0 Å². The van der Waals surface area contributed by atoms with Gasteiger partial charge < -0.3 is 9.47 Å². The van der Waals surface area contributed by atoms with E-state index in [1.807, 2.05) is 6.92 Å². The van der Waals surface area contributed by atoms with Crippen molar-refractivity contribution in [3.8, 4) is 0 Å². The molecule has 0 aliphatic carbocycles. The van der Waals surface area contributed by atoms with Crippen LogP contribution in [0, 0.1) is 5.92 Å². The van der Waals surface area contributed by atoms with E-state index in [9.17, 15) is 0 Å². The molecular weight excluding hydrogens is 128 g/mol. The van der Waals surface area contributed by atoms with Gasteiger partial charge in [-0.2, -0.15) is 0 Å². The van der Waals surface area contributed by atoms with Crippen molar-refractivity contribution < 1.29 is 9.47 Å². The second-order valence-corrected chi connectivity index (χ2v) is 2.78. The second kappa shape index (κ2) is 3.94. The zero-order valence-corrected chi connectivity index (χ0v) is 6.80. The number of ether oxygens (including phenoxy) is 2. The highest BCUT2D eigenvalue weighted by molar-refractivity contribution is 4.70. The molecule has 0 aromatic carbocycles. The molecule has 0 spiro atoms. The summed E-state index contributed by atoms with van der Waals surface area (Å²) < 4.78 is 10.7. The second-order valence-electron chi connectivity index (χ2n) is 2.78. The molecule has 2 atom stereocenters. The Morgan fingerprint density at radius 2 is 2.50 bits per heavy atom. The summed E-state index contributed by atoms with van der Waals surface area (Å²) in [5, 5.41) is 0. The van der Waals surface area contributed by atoms with E-state index in [1.165, 1.54) is 6.42 Å². The Morgan fingerprint density at radius 1 is 1.70 bits per heavy atom. The van der Waals surface area contributed by atoms with Gasteiger partial charge in [0.2, 0.25) is 0 Å². The van der Waals surface area contributed by atoms with Crippen molar-refractivity contribution in [2.45, 2.75) is 26.4 Å². The van der Waals surface area contributed by atoms with Crippen LogP contribution in [-0.2, 0) is 9.47 Å². The Balaban J connectivity index is 2.18. The fraction of sp³-hybridized carbons (Fsp3) is 1.00. The first kappa shape index (κ1) is 8.02. The van der Waals surface area contributed by atoms with Gasteiger partial charge in [0.05, 0.1) is 12.7 Å². The van der Waals surface area contributed by atoms with Crippen LogP contribution in [0.1, 0.15) is 20.3 Å². The first-order valence-corrected chi connectivity index (χ1v) is 4.04. The van der Waals surface area contributed by atoms with Crippen molar-refractivity contribution in [2.75, 3.05) is 19.8 Å². The van der Waals surface area contributed by atoms with Gasteiger partial charge in [0.15, 0.2) is 0 Å². The zero-order chi connectivity index (χ0) is 7.40. The van der Waals surface area contributed by atoms with Gasteiger partial charge >= 0.3 is 0 Å². The van der Waals surface area contributed by atoms with Crippen LogP contribution in [0.3, 0.4) is 0 Å². The third-order valence-corrected chi connectivity index (χ3v) is 2.06. The SMILES string of the molecule is CCOC(C)C1CCOC1. The van der Waals surface area contributed by atoms with Crippen LogP contribution in [0.25, 0.3) is 0 Å². The lowest BCUT2D eigenvalue weighted by Gasteiger charge is -2.16. The molecule has 2 nitrogen and oxygen atoms in total. The summed E-state index contributed by atoms with van der Waals surface area (Å²) in [4.78, 5) is 0. The van der Waals surface area contributed by atoms with Crippen LogP contribution in [0.4, 0.5) is 0 Å². The highest BCUT2D eigenvalue weighted by atomic mass is 16.5. The number of rotatable bonds is 3. The van der Waals surface area contributed by atoms with E-state index in [2.05, 4.69) is 6.92 Å². The van der Waals surface area contributed by atoms with Gasteiger partial charge in [0.1, 0.15) is 0 Å². The molecule has 0 aromatic heterocycles. The van der Waals surface area contributed by atoms with Crippen LogP contribution in [0.5, 0.6) is 0 Å². The van der Waals surface area contributed by atoms with Crippen molar-refractivity contribution in [1.29, 1.82) is 0 Å². The minimum absolute atomic E-state index is 0.382. The quantitative estimate of drug-likeness (QED) is 0.597. The summed E-state index contributed by atoms with van der Waals surface area (Å²) in [6.07, 6.45) is 1.55. The number of hydrogen-bond acceptors (Lipinski definition) is 2. The van der Waals surface area contributed by atoms with Crippen molar-refractivity contribution in [1.82, 2.24) is 0 Å². The average molecular weight is 144 g/mol. The molecule has 60 valence electrons. The lowest BCUT2D eigenvalue weighted by atomic mass is 10.0. The molecule has 0 N–H and O–H groups in total. The van der Waals surface area contributed by atoms with Gasteiger partial charge in [0.25, 0.3) is 0 Å². The van der Waals surface area contributed by atoms with Crippen molar-refractivity contribution in [3.05, 3.63) is 0 Å². The Bertz CT molecular complexity index is 87.3. The third-order valence-electron chi connectivity index (χ3n) is 2.06. The van der Waals surface area contributed by atoms with E-state index in [0.717, 1.165) is 19.8 Å². The van der Waals surface area contributed by atoms with Gasteiger partial charge in [-0.05, 0) is 20.3 Å². The van der Waals surface area contributed by atoms with Gasteiger partial charge in [0, 0.05) is 19.1 Å². The molecule has 2 heteroatoms. The standard InChI is InChI=1S/C8H16O2/c1-3-10-7(2)8-4-5-9-6-8/h7-8H,3-6H2,1-2H3. The van der Waals surface area contributed by atoms with Crippen molar-refractivity contribution >= 4 is 0 Å². The van der Waals surface area contributed by atoms with Crippen LogP contribution in [-0.4, -0.2) is 25.9 Å². The molecule has 1 aliphatic rings. The summed E-state index contributed by atoms with van der Waals surface area (Å²) in [7, 11) is 0. The Hall–Kier alpha value is -0.0800. The smallest absolute Gasteiger partial charge is 0.0597 e. The maximum atomic E-state index is 5.45. The Kier molecular flexibility index (Phi) is 3.16. The maximum absolute atomic E-state index is 5.45. The van der Waals surface area contributed by atoms with Crippen molar-refractivity contribution in [3.63, 3.8) is 0 Å². The molecule has 0 bridgehead atoms. The first-order valence-electron chi connectivity index (χ1n) is 4.04. The number of hydrogen-bond donors (Lipinski definition) is 0. The zero-order valence-electron chi connectivity index (χ0n) is 6.80. The van der Waals surface area contributed by atoms with Gasteiger partial charge in [-0.25, -0.2) is 0 Å². The molecule has 1 aliphatic heterocycles. The van der Waals surface area contributed by atoms with Gasteiger partial charge in [-0.15, -0.1) is 0 Å². The normalized spacial score (nSPS) is 28.8. The fourth-order valence-electron chi connectivity index (χ4n) is 1.32. The van der Waals surface area contributed by atoms with Crippen LogP contribution in [0.2, 0.25) is 0 Å². The van der Waals surface area contributed by atoms with E-state index in [1.54, 1.807) is 0 Å². The molecule has 2 unspecified atom stereocenters. The van der Waals surface area contributed by atoms with Crippen LogP contribution in [0.15, 0.2) is 0 Å². The molecule has 0 saturated carbocycles. The fourth-order valence-corrected chi connectivity index (χ4v) is 1.32. The predicted molar refractivity (Wildman–Crippen MR) is 40.0 cm³/mol. The van der Waals surface area contributed by atoms with Crippen molar-refractivity contribution in [2.24, 2.45) is 5.92 Å². The molecule has 0 radical (unpaired) electrons. The monoisotopic (exact) mass is 144 g/mol. The summed E-state index contributed by atoms with van der Waals surface area (Å²) >= 11 is 0. The molecule has 1 heterocycles. The highest BCUT2D eigenvalue weighted by Gasteiger charge is 2.21. The maximum Gasteiger partial charge on any atom is 0.0597 e. The van der Waals surface area contributed by atoms with E-state index in [-0.39, 0.29) is 0 Å². The Labute approximate surface area is 62.5 Å². The van der Waals surface area contributed by atoms with Crippen LogP contribution < -0.4 is 0 Å². The average Bonchev–Trinajstić information content (AvgIpc) is 2.38. The summed E-state index contributed by atoms with van der Waals surface area (Å²) in [6, 6.07) is 0. The minimum atomic E-state index is 0.382. The van der Waals surface area contributed by atoms with E-state index < -0.39 is 0 Å². The lowest BCUT2D eigenvalue weighted by Crippen LogP contribution is -2.20. The molecule has 1 rings (SSSR count). The lowest BCUT2D eigenvalue weighted by molar-refractivity contribution is 0.0286.